The van der Waals surface area contributed by atoms with Crippen LogP contribution in [0, 0.1) is 6.92 Å². The molecule has 0 saturated heterocycles. The van der Waals surface area contributed by atoms with Crippen LogP contribution in [0.5, 0.6) is 0 Å². The summed E-state index contributed by atoms with van der Waals surface area (Å²) in [6, 6.07) is 4.61. The van der Waals surface area contributed by atoms with Gasteiger partial charge in [0, 0.05) is 32.8 Å². The lowest BCUT2D eigenvalue weighted by Gasteiger charge is -2.18. The minimum Gasteiger partial charge on any atom is -0.383 e. The molecule has 0 fully saturated rings. The van der Waals surface area contributed by atoms with Crippen molar-refractivity contribution >= 4 is 15.9 Å². The number of benzene rings is 1. The maximum Gasteiger partial charge on any atom is 0.253 e. The number of aryl methyl sites for hydroxylation is 1. The molecule has 0 radical (unpaired) electrons. The lowest BCUT2D eigenvalue weighted by molar-refractivity contribution is 0.0792. The number of sulfonamides is 1. The van der Waals surface area contributed by atoms with Crippen molar-refractivity contribution in [2.24, 2.45) is 0 Å². The largest absolute Gasteiger partial charge is 0.383 e. The highest BCUT2D eigenvalue weighted by Gasteiger charge is 2.19. The van der Waals surface area contributed by atoms with E-state index in [4.69, 9.17) is 4.74 Å². The smallest absolute Gasteiger partial charge is 0.253 e. The van der Waals surface area contributed by atoms with E-state index in [0.717, 1.165) is 18.4 Å². The van der Waals surface area contributed by atoms with Crippen LogP contribution < -0.4 is 4.72 Å². The van der Waals surface area contributed by atoms with Gasteiger partial charge in [0.25, 0.3) is 5.91 Å². The number of nitrogens with one attached hydrogen (secondary N) is 1. The molecule has 7 heteroatoms. The SMILES string of the molecule is CCCCN(C)C(=O)c1cc(S(=O)(=O)NCCOC)ccc1C. The molecule has 0 saturated carbocycles. The van der Waals surface area contributed by atoms with Crippen molar-refractivity contribution in [1.29, 1.82) is 0 Å². The van der Waals surface area contributed by atoms with Gasteiger partial charge in [-0.2, -0.15) is 0 Å². The summed E-state index contributed by atoms with van der Waals surface area (Å²) in [5.41, 5.74) is 1.17. The van der Waals surface area contributed by atoms with Crippen LogP contribution in [0.3, 0.4) is 0 Å². The van der Waals surface area contributed by atoms with E-state index in [2.05, 4.69) is 11.6 Å². The molecule has 130 valence electrons. The van der Waals surface area contributed by atoms with Crippen LogP contribution in [-0.4, -0.2) is 53.1 Å². The molecule has 6 nitrogen and oxygen atoms in total. The lowest BCUT2D eigenvalue weighted by Crippen LogP contribution is -2.30. The van der Waals surface area contributed by atoms with Crippen LogP contribution in [0.15, 0.2) is 23.1 Å². The Morgan fingerprint density at radius 3 is 2.65 bits per heavy atom. The third kappa shape index (κ3) is 5.60. The Hall–Kier alpha value is -1.44. The summed E-state index contributed by atoms with van der Waals surface area (Å²) >= 11 is 0. The van der Waals surface area contributed by atoms with E-state index < -0.39 is 10.0 Å². The normalized spacial score (nSPS) is 11.5. The third-order valence-corrected chi connectivity index (χ3v) is 5.00. The average molecular weight is 342 g/mol. The van der Waals surface area contributed by atoms with Gasteiger partial charge in [-0.15, -0.1) is 0 Å². The number of rotatable bonds is 9. The van der Waals surface area contributed by atoms with Gasteiger partial charge in [-0.3, -0.25) is 4.79 Å². The average Bonchev–Trinajstić information content (AvgIpc) is 2.52. The second-order valence-corrected chi connectivity index (χ2v) is 7.21. The molecule has 0 aliphatic rings. The molecule has 0 unspecified atom stereocenters. The van der Waals surface area contributed by atoms with Gasteiger partial charge < -0.3 is 9.64 Å². The molecule has 0 heterocycles. The zero-order chi connectivity index (χ0) is 17.5. The van der Waals surface area contributed by atoms with Gasteiger partial charge in [0.05, 0.1) is 11.5 Å². The van der Waals surface area contributed by atoms with Crippen LogP contribution in [-0.2, 0) is 14.8 Å². The summed E-state index contributed by atoms with van der Waals surface area (Å²) < 4.78 is 31.8. The highest BCUT2D eigenvalue weighted by Crippen LogP contribution is 2.17. The van der Waals surface area contributed by atoms with Crippen LogP contribution >= 0.6 is 0 Å². The molecule has 1 N–H and O–H groups in total. The summed E-state index contributed by atoms with van der Waals surface area (Å²) in [5, 5.41) is 0. The van der Waals surface area contributed by atoms with E-state index in [9.17, 15) is 13.2 Å². The fraction of sp³-hybridized carbons (Fsp3) is 0.562. The fourth-order valence-electron chi connectivity index (χ4n) is 2.06. The summed E-state index contributed by atoms with van der Waals surface area (Å²) in [5.74, 6) is -0.162. The van der Waals surface area contributed by atoms with Gasteiger partial charge in [0.1, 0.15) is 0 Å². The maximum absolute atomic E-state index is 12.5. The second-order valence-electron chi connectivity index (χ2n) is 5.45. The first-order valence-corrected chi connectivity index (χ1v) is 9.16. The Morgan fingerprint density at radius 1 is 1.35 bits per heavy atom. The number of carbonyl (C=O) groups is 1. The van der Waals surface area contributed by atoms with E-state index in [0.29, 0.717) is 12.1 Å². The molecule has 0 aliphatic heterocycles. The Kier molecular flexibility index (Phi) is 7.67. The molecular formula is C16H26N2O4S. The predicted molar refractivity (Wildman–Crippen MR) is 90.1 cm³/mol. The zero-order valence-corrected chi connectivity index (χ0v) is 15.1. The molecular weight excluding hydrogens is 316 g/mol. The van der Waals surface area contributed by atoms with Crippen molar-refractivity contribution < 1.29 is 17.9 Å². The van der Waals surface area contributed by atoms with Crippen molar-refractivity contribution in [3.8, 4) is 0 Å². The number of ether oxygens (including phenoxy) is 1. The molecule has 0 bridgehead atoms. The molecule has 0 spiro atoms. The molecule has 0 atom stereocenters. The molecule has 1 aromatic carbocycles. The van der Waals surface area contributed by atoms with Gasteiger partial charge in [-0.25, -0.2) is 13.1 Å². The molecule has 1 rings (SSSR count). The van der Waals surface area contributed by atoms with E-state index in [1.807, 2.05) is 0 Å². The number of methoxy groups -OCH3 is 1. The fourth-order valence-corrected chi connectivity index (χ4v) is 3.10. The van der Waals surface area contributed by atoms with Crippen molar-refractivity contribution in [1.82, 2.24) is 9.62 Å². The Morgan fingerprint density at radius 2 is 2.04 bits per heavy atom. The number of carbonyl (C=O) groups excluding carboxylic acids is 1. The van der Waals surface area contributed by atoms with Gasteiger partial charge in [-0.05, 0) is 31.0 Å². The monoisotopic (exact) mass is 342 g/mol. The first-order valence-electron chi connectivity index (χ1n) is 7.68. The third-order valence-electron chi connectivity index (χ3n) is 3.54. The first kappa shape index (κ1) is 19.6. The maximum atomic E-state index is 12.5. The van der Waals surface area contributed by atoms with E-state index >= 15 is 0 Å². The quantitative estimate of drug-likeness (QED) is 0.694. The zero-order valence-electron chi connectivity index (χ0n) is 14.3. The van der Waals surface area contributed by atoms with Crippen molar-refractivity contribution in [2.75, 3.05) is 33.9 Å². The van der Waals surface area contributed by atoms with Crippen LogP contribution in [0.4, 0.5) is 0 Å². The number of hydrogen-bond acceptors (Lipinski definition) is 4. The van der Waals surface area contributed by atoms with Crippen LogP contribution in [0.1, 0.15) is 35.7 Å². The number of amides is 1. The summed E-state index contributed by atoms with van der Waals surface area (Å²) in [7, 11) is -0.414. The van der Waals surface area contributed by atoms with Crippen molar-refractivity contribution in [3.63, 3.8) is 0 Å². The molecule has 0 aliphatic carbocycles. The van der Waals surface area contributed by atoms with E-state index in [-0.39, 0.29) is 24.0 Å². The summed E-state index contributed by atoms with van der Waals surface area (Å²) in [6.45, 7) is 4.99. The Balaban J connectivity index is 3.01. The number of nitrogens with zero attached hydrogens (tertiary/aromatic N) is 1. The second kappa shape index (κ2) is 9.00. The van der Waals surface area contributed by atoms with Crippen LogP contribution in [0.25, 0.3) is 0 Å². The van der Waals surface area contributed by atoms with Gasteiger partial charge in [-0.1, -0.05) is 19.4 Å². The Labute approximate surface area is 138 Å². The van der Waals surface area contributed by atoms with Gasteiger partial charge in [0.15, 0.2) is 0 Å². The van der Waals surface area contributed by atoms with Crippen molar-refractivity contribution in [2.45, 2.75) is 31.6 Å². The Bertz CT molecular complexity index is 629. The number of hydrogen-bond donors (Lipinski definition) is 1. The molecule has 1 aromatic rings. The topological polar surface area (TPSA) is 75.7 Å². The minimum atomic E-state index is -3.65. The molecule has 0 aromatic heterocycles. The van der Waals surface area contributed by atoms with Crippen molar-refractivity contribution in [3.05, 3.63) is 29.3 Å². The number of unbranched alkanes of at least 4 members (excludes halogenated alkanes) is 1. The highest BCUT2D eigenvalue weighted by molar-refractivity contribution is 7.89. The van der Waals surface area contributed by atoms with E-state index in [1.54, 1.807) is 24.9 Å². The molecule has 1 amide bonds. The molecule has 23 heavy (non-hydrogen) atoms. The predicted octanol–water partition coefficient (Wildman–Crippen LogP) is 1.79. The minimum absolute atomic E-state index is 0.0893. The standard InChI is InChI=1S/C16H26N2O4S/c1-5-6-10-18(3)16(19)15-12-14(8-7-13(15)2)23(20,21)17-9-11-22-4/h7-8,12,17H,5-6,9-11H2,1-4H3. The lowest BCUT2D eigenvalue weighted by atomic mass is 10.1. The first-order chi connectivity index (χ1) is 10.8. The summed E-state index contributed by atoms with van der Waals surface area (Å²) in [6.07, 6.45) is 1.91. The van der Waals surface area contributed by atoms with Crippen LogP contribution in [0.2, 0.25) is 0 Å². The highest BCUT2D eigenvalue weighted by atomic mass is 32.2. The summed E-state index contributed by atoms with van der Waals surface area (Å²) in [4.78, 5) is 14.2. The van der Waals surface area contributed by atoms with E-state index in [1.165, 1.54) is 19.2 Å². The van der Waals surface area contributed by atoms with Gasteiger partial charge in [0.2, 0.25) is 10.0 Å². The van der Waals surface area contributed by atoms with Gasteiger partial charge >= 0.3 is 0 Å².